The van der Waals surface area contributed by atoms with E-state index in [2.05, 4.69) is 48.6 Å². The Bertz CT molecular complexity index is 1020. The first-order valence-corrected chi connectivity index (χ1v) is 14.0. The lowest BCUT2D eigenvalue weighted by molar-refractivity contribution is -0.119. The zero-order chi connectivity index (χ0) is 26.0. The van der Waals surface area contributed by atoms with E-state index >= 15 is 0 Å². The first kappa shape index (κ1) is 27.5. The van der Waals surface area contributed by atoms with E-state index in [9.17, 15) is 20.1 Å². The summed E-state index contributed by atoms with van der Waals surface area (Å²) in [5.74, 6) is 1.22. The summed E-state index contributed by atoms with van der Waals surface area (Å²) >= 11 is 0. The van der Waals surface area contributed by atoms with Gasteiger partial charge in [0.15, 0.2) is 0 Å². The summed E-state index contributed by atoms with van der Waals surface area (Å²) < 4.78 is 0. The molecule has 2 aliphatic carbocycles. The van der Waals surface area contributed by atoms with Crippen LogP contribution >= 0.6 is 0 Å². The van der Waals surface area contributed by atoms with Crippen molar-refractivity contribution in [3.63, 3.8) is 0 Å². The predicted octanol–water partition coefficient (Wildman–Crippen LogP) is 5.77. The van der Waals surface area contributed by atoms with E-state index in [1.54, 1.807) is 6.08 Å². The molecule has 0 heterocycles. The summed E-state index contributed by atoms with van der Waals surface area (Å²) in [5, 5.41) is 31.3. The van der Waals surface area contributed by atoms with Gasteiger partial charge >= 0.3 is 0 Å². The Morgan fingerprint density at radius 1 is 0.946 bits per heavy atom. The van der Waals surface area contributed by atoms with Gasteiger partial charge in [-0.25, -0.2) is 0 Å². The van der Waals surface area contributed by atoms with E-state index in [0.29, 0.717) is 49.7 Å². The van der Waals surface area contributed by atoms with Crippen LogP contribution in [0.4, 0.5) is 0 Å². The number of carbonyl (C=O) groups excluding carboxylic acids is 1. The Labute approximate surface area is 221 Å². The van der Waals surface area contributed by atoms with Gasteiger partial charge < -0.3 is 15.3 Å². The normalized spacial score (nSPS) is 28.2. The Balaban J connectivity index is 1.14. The molecule has 7 atom stereocenters. The maximum Gasteiger partial charge on any atom is 0.133 e. The Morgan fingerprint density at radius 2 is 1.68 bits per heavy atom. The molecule has 0 amide bonds. The summed E-state index contributed by atoms with van der Waals surface area (Å²) in [6.45, 7) is 0. The highest BCUT2D eigenvalue weighted by Crippen LogP contribution is 2.49. The number of rotatable bonds is 14. The minimum Gasteiger partial charge on any atom is -0.393 e. The fraction of sp³-hybridized carbons (Fsp3) is 0.485. The van der Waals surface area contributed by atoms with Crippen molar-refractivity contribution in [3.05, 3.63) is 96.1 Å². The number of benzene rings is 2. The largest absolute Gasteiger partial charge is 0.393 e. The lowest BCUT2D eigenvalue weighted by Gasteiger charge is -2.19. The molecule has 2 aromatic rings. The molecule has 2 fully saturated rings. The van der Waals surface area contributed by atoms with Crippen LogP contribution in [0.1, 0.15) is 68.4 Å². The zero-order valence-electron chi connectivity index (χ0n) is 21.7. The molecule has 2 aliphatic rings. The minimum atomic E-state index is -0.592. The van der Waals surface area contributed by atoms with Gasteiger partial charge in [-0.3, -0.25) is 4.79 Å². The van der Waals surface area contributed by atoms with Crippen molar-refractivity contribution in [2.24, 2.45) is 17.8 Å². The molecule has 2 saturated carbocycles. The molecule has 4 nitrogen and oxygen atoms in total. The number of allylic oxidation sites excluding steroid dienone is 2. The van der Waals surface area contributed by atoms with Crippen molar-refractivity contribution >= 4 is 5.78 Å². The van der Waals surface area contributed by atoms with Crippen LogP contribution in [0.15, 0.2) is 85.0 Å². The number of carbonyl (C=O) groups is 1. The highest BCUT2D eigenvalue weighted by atomic mass is 16.3. The Hall–Kier alpha value is -2.53. The smallest absolute Gasteiger partial charge is 0.133 e. The van der Waals surface area contributed by atoms with E-state index in [1.807, 2.05) is 30.3 Å². The average Bonchev–Trinajstić information content (AvgIpc) is 3.62. The van der Waals surface area contributed by atoms with E-state index in [-0.39, 0.29) is 11.8 Å². The zero-order valence-corrected chi connectivity index (χ0v) is 21.7. The SMILES string of the molecule is O=C(CCC/C=C\C[C@@H]1[C@@H](/C=C/[C@@H](O)CCc2ccccc2)[C@H](O)C[C@@H]1O)CC1CC1c1ccccc1. The fourth-order valence-electron chi connectivity index (χ4n) is 5.78. The molecular formula is C33H42O4. The van der Waals surface area contributed by atoms with Crippen LogP contribution in [0.5, 0.6) is 0 Å². The van der Waals surface area contributed by atoms with Gasteiger partial charge in [0.2, 0.25) is 0 Å². The first-order chi connectivity index (χ1) is 18.0. The maximum atomic E-state index is 12.4. The minimum absolute atomic E-state index is 0.0600. The van der Waals surface area contributed by atoms with E-state index in [0.717, 1.165) is 25.7 Å². The van der Waals surface area contributed by atoms with Crippen molar-refractivity contribution < 1.29 is 20.1 Å². The number of hydrogen-bond acceptors (Lipinski definition) is 4. The number of unbranched alkanes of at least 4 members (excludes halogenated alkanes) is 1. The van der Waals surface area contributed by atoms with Gasteiger partial charge in [0.05, 0.1) is 18.3 Å². The van der Waals surface area contributed by atoms with Gasteiger partial charge in [0, 0.05) is 25.2 Å². The molecule has 3 N–H and O–H groups in total. The summed E-state index contributed by atoms with van der Waals surface area (Å²) in [6.07, 6.45) is 12.8. The third-order valence-electron chi connectivity index (χ3n) is 8.08. The molecule has 0 aliphatic heterocycles. The molecule has 0 bridgehead atoms. The van der Waals surface area contributed by atoms with Crippen LogP contribution in [0.2, 0.25) is 0 Å². The molecule has 198 valence electrons. The number of aliphatic hydroxyl groups excluding tert-OH is 3. The highest BCUT2D eigenvalue weighted by molar-refractivity contribution is 5.79. The number of ketones is 1. The third kappa shape index (κ3) is 8.49. The standard InChI is InChI=1S/C33H42O4/c34-27(18-17-24-11-5-3-6-12-24)19-20-30-29(32(36)23-33(30)37)16-10-2-1-9-15-28(35)21-26-22-31(26)25-13-7-4-8-14-25/h2-8,10-14,19-20,26-27,29-34,36-37H,1,9,15-18,21-23H2/b10-2-,20-19+/t26?,27-,29+,30+,31?,32-,33+/m0/s1. The topological polar surface area (TPSA) is 77.8 Å². The molecule has 4 rings (SSSR count). The lowest BCUT2D eigenvalue weighted by Crippen LogP contribution is -2.20. The van der Waals surface area contributed by atoms with E-state index < -0.39 is 18.3 Å². The Kier molecular flexibility index (Phi) is 10.3. The number of aliphatic hydroxyl groups is 3. The van der Waals surface area contributed by atoms with Crippen LogP contribution in [0.3, 0.4) is 0 Å². The van der Waals surface area contributed by atoms with Crippen molar-refractivity contribution in [2.45, 2.75) is 82.0 Å². The second-order valence-corrected chi connectivity index (χ2v) is 10.9. The first-order valence-electron chi connectivity index (χ1n) is 14.0. The van der Waals surface area contributed by atoms with Crippen molar-refractivity contribution in [1.29, 1.82) is 0 Å². The van der Waals surface area contributed by atoms with Gasteiger partial charge in [-0.2, -0.15) is 0 Å². The van der Waals surface area contributed by atoms with E-state index in [1.165, 1.54) is 11.1 Å². The van der Waals surface area contributed by atoms with Gasteiger partial charge in [0.1, 0.15) is 5.78 Å². The van der Waals surface area contributed by atoms with Crippen LogP contribution in [-0.2, 0) is 11.2 Å². The van der Waals surface area contributed by atoms with Gasteiger partial charge in [0.25, 0.3) is 0 Å². The molecule has 37 heavy (non-hydrogen) atoms. The fourth-order valence-corrected chi connectivity index (χ4v) is 5.78. The highest BCUT2D eigenvalue weighted by Gasteiger charge is 2.40. The van der Waals surface area contributed by atoms with Crippen LogP contribution in [-0.4, -0.2) is 39.4 Å². The second kappa shape index (κ2) is 13.9. The Morgan fingerprint density at radius 3 is 2.43 bits per heavy atom. The van der Waals surface area contributed by atoms with Crippen molar-refractivity contribution in [1.82, 2.24) is 0 Å². The molecule has 0 aromatic heterocycles. The van der Waals surface area contributed by atoms with Crippen LogP contribution < -0.4 is 0 Å². The number of Topliss-reactive ketones (excluding diaryl/α,β-unsaturated/α-hetero) is 1. The monoisotopic (exact) mass is 502 g/mol. The molecule has 0 radical (unpaired) electrons. The summed E-state index contributed by atoms with van der Waals surface area (Å²) in [5.41, 5.74) is 2.55. The van der Waals surface area contributed by atoms with Crippen molar-refractivity contribution in [2.75, 3.05) is 0 Å². The second-order valence-electron chi connectivity index (χ2n) is 10.9. The van der Waals surface area contributed by atoms with Crippen LogP contribution in [0, 0.1) is 17.8 Å². The predicted molar refractivity (Wildman–Crippen MR) is 148 cm³/mol. The number of hydrogen-bond donors (Lipinski definition) is 3. The quantitative estimate of drug-likeness (QED) is 0.226. The maximum absolute atomic E-state index is 12.4. The third-order valence-corrected chi connectivity index (χ3v) is 8.08. The van der Waals surface area contributed by atoms with Gasteiger partial charge in [-0.1, -0.05) is 85.0 Å². The molecule has 2 unspecified atom stereocenters. The summed E-state index contributed by atoms with van der Waals surface area (Å²) in [6, 6.07) is 20.6. The molecular weight excluding hydrogens is 460 g/mol. The van der Waals surface area contributed by atoms with Crippen molar-refractivity contribution in [3.8, 4) is 0 Å². The summed E-state index contributed by atoms with van der Waals surface area (Å²) in [4.78, 5) is 12.4. The molecule has 0 spiro atoms. The van der Waals surface area contributed by atoms with Crippen LogP contribution in [0.25, 0.3) is 0 Å². The number of aryl methyl sites for hydroxylation is 1. The molecule has 4 heteroatoms. The molecule has 0 saturated heterocycles. The summed E-state index contributed by atoms with van der Waals surface area (Å²) in [7, 11) is 0. The average molecular weight is 503 g/mol. The lowest BCUT2D eigenvalue weighted by atomic mass is 9.89. The van der Waals surface area contributed by atoms with Gasteiger partial charge in [-0.15, -0.1) is 0 Å². The van der Waals surface area contributed by atoms with Gasteiger partial charge in [-0.05, 0) is 67.4 Å². The van der Waals surface area contributed by atoms with E-state index in [4.69, 9.17) is 0 Å². The molecule has 2 aromatic carbocycles.